The van der Waals surface area contributed by atoms with Gasteiger partial charge >= 0.3 is 0 Å². The van der Waals surface area contributed by atoms with Crippen LogP contribution in [0.2, 0.25) is 0 Å². The molecule has 3 atom stereocenters. The molecule has 0 saturated carbocycles. The van der Waals surface area contributed by atoms with Crippen LogP contribution in [-0.2, 0) is 9.53 Å². The monoisotopic (exact) mass is 374 g/mol. The summed E-state index contributed by atoms with van der Waals surface area (Å²) in [4.78, 5) is 17.9. The van der Waals surface area contributed by atoms with Crippen molar-refractivity contribution in [1.82, 2.24) is 4.90 Å². The molecule has 0 bridgehead atoms. The Morgan fingerprint density at radius 3 is 2.57 bits per heavy atom. The minimum atomic E-state index is 0.0737. The van der Waals surface area contributed by atoms with Crippen molar-refractivity contribution in [3.63, 3.8) is 0 Å². The van der Waals surface area contributed by atoms with E-state index in [1.165, 1.54) is 11.1 Å². The molecular weight excluding hydrogens is 348 g/mol. The molecule has 3 unspecified atom stereocenters. The average Bonchev–Trinajstić information content (AvgIpc) is 3.24. The van der Waals surface area contributed by atoms with Gasteiger partial charge in [-0.25, -0.2) is 0 Å². The molecule has 0 spiro atoms. The lowest BCUT2D eigenvalue weighted by Crippen LogP contribution is -2.49. The summed E-state index contributed by atoms with van der Waals surface area (Å²) >= 11 is 0. The number of morpholine rings is 1. The third-order valence-corrected chi connectivity index (χ3v) is 6.32. The number of amides is 1. The fraction of sp³-hybridized carbons (Fsp3) is 0.375. The van der Waals surface area contributed by atoms with Crippen molar-refractivity contribution in [2.75, 3.05) is 37.7 Å². The predicted molar refractivity (Wildman–Crippen MR) is 110 cm³/mol. The van der Waals surface area contributed by atoms with Gasteiger partial charge < -0.3 is 9.64 Å². The van der Waals surface area contributed by atoms with E-state index in [-0.39, 0.29) is 11.9 Å². The first kappa shape index (κ1) is 17.7. The molecule has 2 aromatic rings. The van der Waals surface area contributed by atoms with Gasteiger partial charge in [0.1, 0.15) is 0 Å². The number of fused-ring (bicyclic) bond motifs is 3. The SMILES string of the molecule is O=C(CN1CCOCC1)N1c2ccccc2C2C=CCC2C1c1ccccc1. The second-order valence-electron chi connectivity index (χ2n) is 7.92. The average molecular weight is 374 g/mol. The number of hydrogen-bond donors (Lipinski definition) is 0. The molecule has 1 saturated heterocycles. The Morgan fingerprint density at radius 1 is 1.00 bits per heavy atom. The molecule has 1 fully saturated rings. The molecule has 144 valence electrons. The van der Waals surface area contributed by atoms with Crippen molar-refractivity contribution in [3.8, 4) is 0 Å². The molecular formula is C24H26N2O2. The maximum Gasteiger partial charge on any atom is 0.241 e. The molecule has 4 nitrogen and oxygen atoms in total. The summed E-state index contributed by atoms with van der Waals surface area (Å²) in [5.74, 6) is 0.966. The van der Waals surface area contributed by atoms with E-state index < -0.39 is 0 Å². The number of ether oxygens (including phenoxy) is 1. The number of allylic oxidation sites excluding steroid dienone is 2. The Labute approximate surface area is 166 Å². The van der Waals surface area contributed by atoms with Crippen LogP contribution in [0.15, 0.2) is 66.7 Å². The molecule has 0 radical (unpaired) electrons. The van der Waals surface area contributed by atoms with E-state index in [1.54, 1.807) is 0 Å². The highest BCUT2D eigenvalue weighted by Gasteiger charge is 2.44. The summed E-state index contributed by atoms with van der Waals surface area (Å²) < 4.78 is 5.46. The number of rotatable bonds is 3. The maximum atomic E-state index is 13.6. The van der Waals surface area contributed by atoms with E-state index in [0.717, 1.165) is 25.2 Å². The van der Waals surface area contributed by atoms with Crippen LogP contribution in [0.3, 0.4) is 0 Å². The number of anilines is 1. The van der Waals surface area contributed by atoms with Crippen LogP contribution in [0.4, 0.5) is 5.69 Å². The first-order chi connectivity index (χ1) is 13.8. The van der Waals surface area contributed by atoms with Gasteiger partial charge in [0.15, 0.2) is 0 Å². The van der Waals surface area contributed by atoms with Crippen LogP contribution in [0, 0.1) is 5.92 Å². The minimum Gasteiger partial charge on any atom is -0.379 e. The molecule has 2 aromatic carbocycles. The van der Waals surface area contributed by atoms with Crippen LogP contribution < -0.4 is 4.90 Å². The molecule has 28 heavy (non-hydrogen) atoms. The van der Waals surface area contributed by atoms with Gasteiger partial charge in [0.2, 0.25) is 5.91 Å². The summed E-state index contributed by atoms with van der Waals surface area (Å²) in [6.45, 7) is 3.52. The number of carbonyl (C=O) groups is 1. The molecule has 4 heteroatoms. The quantitative estimate of drug-likeness (QED) is 0.767. The number of carbonyl (C=O) groups excluding carboxylic acids is 1. The second-order valence-corrected chi connectivity index (χ2v) is 7.92. The topological polar surface area (TPSA) is 32.8 Å². The van der Waals surface area contributed by atoms with Crippen molar-refractivity contribution < 1.29 is 9.53 Å². The zero-order valence-electron chi connectivity index (χ0n) is 16.0. The van der Waals surface area contributed by atoms with Gasteiger partial charge in [-0.3, -0.25) is 9.69 Å². The van der Waals surface area contributed by atoms with Crippen molar-refractivity contribution in [2.24, 2.45) is 5.92 Å². The summed E-state index contributed by atoms with van der Waals surface area (Å²) in [6, 6.07) is 19.1. The van der Waals surface area contributed by atoms with E-state index in [2.05, 4.69) is 70.5 Å². The predicted octanol–water partition coefficient (Wildman–Crippen LogP) is 3.77. The Bertz CT molecular complexity index is 873. The third kappa shape index (κ3) is 3.07. The lowest BCUT2D eigenvalue weighted by Gasteiger charge is -2.45. The lowest BCUT2D eigenvalue weighted by molar-refractivity contribution is -0.121. The van der Waals surface area contributed by atoms with Gasteiger partial charge in [0.25, 0.3) is 0 Å². The number of benzene rings is 2. The molecule has 3 aliphatic rings. The van der Waals surface area contributed by atoms with E-state index in [4.69, 9.17) is 4.74 Å². The molecule has 5 rings (SSSR count). The summed E-state index contributed by atoms with van der Waals surface area (Å²) in [6.07, 6.45) is 5.64. The van der Waals surface area contributed by atoms with E-state index >= 15 is 0 Å². The van der Waals surface area contributed by atoms with Crippen LogP contribution in [0.25, 0.3) is 0 Å². The van der Waals surface area contributed by atoms with Gasteiger partial charge in [-0.2, -0.15) is 0 Å². The molecule has 2 heterocycles. The lowest BCUT2D eigenvalue weighted by atomic mass is 9.75. The fourth-order valence-electron chi connectivity index (χ4n) is 5.02. The van der Waals surface area contributed by atoms with Gasteiger partial charge in [-0.05, 0) is 29.5 Å². The Morgan fingerprint density at radius 2 is 1.75 bits per heavy atom. The Hall–Kier alpha value is -2.43. The van der Waals surface area contributed by atoms with E-state index in [1.807, 2.05) is 6.07 Å². The van der Waals surface area contributed by atoms with Gasteiger partial charge in [0, 0.05) is 24.7 Å². The molecule has 1 aliphatic carbocycles. The van der Waals surface area contributed by atoms with Crippen molar-refractivity contribution in [1.29, 1.82) is 0 Å². The molecule has 1 amide bonds. The number of hydrogen-bond acceptors (Lipinski definition) is 3. The molecule has 2 aliphatic heterocycles. The highest BCUT2D eigenvalue weighted by atomic mass is 16.5. The Kier molecular flexibility index (Phi) is 4.75. The zero-order chi connectivity index (χ0) is 18.9. The van der Waals surface area contributed by atoms with Crippen LogP contribution in [0.5, 0.6) is 0 Å². The summed E-state index contributed by atoms with van der Waals surface area (Å²) in [7, 11) is 0. The van der Waals surface area contributed by atoms with Gasteiger partial charge in [-0.1, -0.05) is 60.7 Å². The fourth-order valence-corrected chi connectivity index (χ4v) is 5.02. The summed E-state index contributed by atoms with van der Waals surface area (Å²) in [5, 5.41) is 0. The maximum absolute atomic E-state index is 13.6. The van der Waals surface area contributed by atoms with Crippen LogP contribution in [0.1, 0.15) is 29.5 Å². The van der Waals surface area contributed by atoms with Gasteiger partial charge in [0.05, 0.1) is 25.8 Å². The highest BCUT2D eigenvalue weighted by Crippen LogP contribution is 2.52. The van der Waals surface area contributed by atoms with Crippen molar-refractivity contribution in [3.05, 3.63) is 77.9 Å². The second kappa shape index (κ2) is 7.53. The first-order valence-electron chi connectivity index (χ1n) is 10.3. The standard InChI is InChI=1S/C24H26N2O2/c27-23(17-25-13-15-28-16-14-25)26-22-12-5-4-9-20(22)19-10-6-11-21(19)24(26)18-7-2-1-3-8-18/h1-10,12,19,21,24H,11,13-17H2. The summed E-state index contributed by atoms with van der Waals surface area (Å²) in [5.41, 5.74) is 3.58. The first-order valence-corrected chi connectivity index (χ1v) is 10.3. The number of para-hydroxylation sites is 1. The van der Waals surface area contributed by atoms with Crippen LogP contribution >= 0.6 is 0 Å². The van der Waals surface area contributed by atoms with E-state index in [9.17, 15) is 4.79 Å². The van der Waals surface area contributed by atoms with E-state index in [0.29, 0.717) is 31.6 Å². The molecule has 0 aromatic heterocycles. The molecule has 0 N–H and O–H groups in total. The van der Waals surface area contributed by atoms with Crippen LogP contribution in [-0.4, -0.2) is 43.7 Å². The smallest absolute Gasteiger partial charge is 0.241 e. The third-order valence-electron chi connectivity index (χ3n) is 6.32. The van der Waals surface area contributed by atoms with Gasteiger partial charge in [-0.15, -0.1) is 0 Å². The van der Waals surface area contributed by atoms with Crippen molar-refractivity contribution >= 4 is 11.6 Å². The Balaban J connectivity index is 1.56. The van der Waals surface area contributed by atoms with Crippen molar-refractivity contribution in [2.45, 2.75) is 18.4 Å². The largest absolute Gasteiger partial charge is 0.379 e. The normalized spacial score (nSPS) is 26.7. The zero-order valence-corrected chi connectivity index (χ0v) is 16.0. The number of nitrogens with zero attached hydrogens (tertiary/aromatic N) is 2. The highest BCUT2D eigenvalue weighted by molar-refractivity contribution is 5.97. The minimum absolute atomic E-state index is 0.0737.